The van der Waals surface area contributed by atoms with Crippen molar-refractivity contribution >= 4 is 16.8 Å². The second-order valence-electron chi connectivity index (χ2n) is 5.09. The van der Waals surface area contributed by atoms with Gasteiger partial charge in [-0.05, 0) is 25.1 Å². The fourth-order valence-electron chi connectivity index (χ4n) is 2.51. The summed E-state index contributed by atoms with van der Waals surface area (Å²) < 4.78 is 5.57. The van der Waals surface area contributed by atoms with E-state index < -0.39 is 0 Å². The van der Waals surface area contributed by atoms with Crippen molar-refractivity contribution in [1.29, 1.82) is 0 Å². The Morgan fingerprint density at radius 1 is 1.09 bits per heavy atom. The van der Waals surface area contributed by atoms with Gasteiger partial charge >= 0.3 is 0 Å². The Morgan fingerprint density at radius 2 is 1.82 bits per heavy atom. The van der Waals surface area contributed by atoms with Gasteiger partial charge in [0.25, 0.3) is 5.91 Å². The van der Waals surface area contributed by atoms with Gasteiger partial charge in [0, 0.05) is 16.6 Å². The van der Waals surface area contributed by atoms with Crippen LogP contribution in [0.25, 0.3) is 10.9 Å². The number of fused-ring (bicyclic) bond motifs is 1. The van der Waals surface area contributed by atoms with E-state index in [1.54, 1.807) is 0 Å². The quantitative estimate of drug-likeness (QED) is 0.709. The van der Waals surface area contributed by atoms with E-state index in [1.807, 2.05) is 61.5 Å². The van der Waals surface area contributed by atoms with E-state index in [1.165, 1.54) is 0 Å². The summed E-state index contributed by atoms with van der Waals surface area (Å²) in [6.45, 7) is 2.82. The third-order valence-corrected chi connectivity index (χ3v) is 3.52. The van der Waals surface area contributed by atoms with E-state index in [9.17, 15) is 4.79 Å². The van der Waals surface area contributed by atoms with Crippen molar-refractivity contribution in [1.82, 2.24) is 10.3 Å². The largest absolute Gasteiger partial charge is 0.492 e. The molecule has 0 spiro atoms. The maximum atomic E-state index is 12.4. The summed E-state index contributed by atoms with van der Waals surface area (Å²) in [6.07, 6.45) is 0. The van der Waals surface area contributed by atoms with Crippen LogP contribution < -0.4 is 10.1 Å². The number of H-pyrrole nitrogens is 1. The molecule has 4 nitrogen and oxygen atoms in total. The van der Waals surface area contributed by atoms with Crippen LogP contribution in [0.15, 0.2) is 54.6 Å². The summed E-state index contributed by atoms with van der Waals surface area (Å²) in [4.78, 5) is 15.6. The number of nitrogens with one attached hydrogen (secondary N) is 2. The molecule has 0 aliphatic rings. The lowest BCUT2D eigenvalue weighted by atomic mass is 10.1. The first kappa shape index (κ1) is 14.2. The van der Waals surface area contributed by atoms with Gasteiger partial charge in [-0.1, -0.05) is 36.4 Å². The molecule has 0 saturated carbocycles. The number of benzene rings is 2. The molecule has 4 heteroatoms. The Hall–Kier alpha value is -2.75. The number of amides is 1. The second kappa shape index (κ2) is 6.35. The van der Waals surface area contributed by atoms with Gasteiger partial charge < -0.3 is 15.0 Å². The lowest BCUT2D eigenvalue weighted by Gasteiger charge is -2.08. The highest BCUT2D eigenvalue weighted by Gasteiger charge is 2.14. The molecule has 0 radical (unpaired) electrons. The molecule has 0 atom stereocenters. The van der Waals surface area contributed by atoms with Crippen LogP contribution in [0.1, 0.15) is 16.1 Å². The smallest absolute Gasteiger partial charge is 0.253 e. The predicted molar refractivity (Wildman–Crippen MR) is 87.3 cm³/mol. The maximum absolute atomic E-state index is 12.4. The highest BCUT2D eigenvalue weighted by atomic mass is 16.5. The summed E-state index contributed by atoms with van der Waals surface area (Å²) in [6, 6.07) is 17.4. The molecule has 0 fully saturated rings. The van der Waals surface area contributed by atoms with Crippen LogP contribution in [0.3, 0.4) is 0 Å². The Bertz CT molecular complexity index is 778. The third-order valence-electron chi connectivity index (χ3n) is 3.52. The minimum atomic E-state index is -0.0772. The number of para-hydroxylation sites is 2. The molecule has 0 saturated heterocycles. The van der Waals surface area contributed by atoms with E-state index in [4.69, 9.17) is 4.74 Å². The molecule has 112 valence electrons. The van der Waals surface area contributed by atoms with Crippen molar-refractivity contribution in [2.24, 2.45) is 0 Å². The summed E-state index contributed by atoms with van der Waals surface area (Å²) in [7, 11) is 0. The first-order valence-corrected chi connectivity index (χ1v) is 7.29. The van der Waals surface area contributed by atoms with Crippen molar-refractivity contribution in [3.8, 4) is 5.75 Å². The molecule has 3 aromatic rings. The fourth-order valence-corrected chi connectivity index (χ4v) is 2.51. The number of ether oxygens (including phenoxy) is 1. The molecule has 0 bridgehead atoms. The first-order valence-electron chi connectivity index (χ1n) is 7.29. The number of carbonyl (C=O) groups is 1. The van der Waals surface area contributed by atoms with E-state index in [-0.39, 0.29) is 5.91 Å². The maximum Gasteiger partial charge on any atom is 0.253 e. The van der Waals surface area contributed by atoms with Crippen molar-refractivity contribution in [3.63, 3.8) is 0 Å². The van der Waals surface area contributed by atoms with Crippen molar-refractivity contribution < 1.29 is 9.53 Å². The van der Waals surface area contributed by atoms with Gasteiger partial charge in [-0.3, -0.25) is 4.79 Å². The molecule has 0 unspecified atom stereocenters. The van der Waals surface area contributed by atoms with Crippen LogP contribution in [0.5, 0.6) is 5.75 Å². The van der Waals surface area contributed by atoms with Crippen LogP contribution in [-0.2, 0) is 0 Å². The molecule has 1 heterocycles. The molecule has 3 rings (SSSR count). The highest BCUT2D eigenvalue weighted by Crippen LogP contribution is 2.21. The van der Waals surface area contributed by atoms with Gasteiger partial charge in [0.1, 0.15) is 12.4 Å². The van der Waals surface area contributed by atoms with E-state index in [2.05, 4.69) is 10.3 Å². The molecule has 2 N–H and O–H groups in total. The average Bonchev–Trinajstić information content (AvgIpc) is 2.88. The van der Waals surface area contributed by atoms with E-state index >= 15 is 0 Å². The minimum absolute atomic E-state index is 0.0772. The average molecular weight is 294 g/mol. The molecule has 1 amide bonds. The zero-order valence-corrected chi connectivity index (χ0v) is 12.4. The van der Waals surface area contributed by atoms with E-state index in [0.717, 1.165) is 22.3 Å². The van der Waals surface area contributed by atoms with E-state index in [0.29, 0.717) is 18.7 Å². The monoisotopic (exact) mass is 294 g/mol. The molecule has 22 heavy (non-hydrogen) atoms. The van der Waals surface area contributed by atoms with Gasteiger partial charge in [-0.2, -0.15) is 0 Å². The van der Waals surface area contributed by atoms with Crippen LogP contribution in [0.4, 0.5) is 0 Å². The normalized spacial score (nSPS) is 10.6. The molecule has 2 aromatic carbocycles. The fraction of sp³-hybridized carbons (Fsp3) is 0.167. The Morgan fingerprint density at radius 3 is 2.64 bits per heavy atom. The van der Waals surface area contributed by atoms with Crippen molar-refractivity contribution in [2.75, 3.05) is 13.2 Å². The SMILES string of the molecule is Cc1[nH]c2ccccc2c1C(=O)NCCOc1ccccc1. The van der Waals surface area contributed by atoms with Gasteiger partial charge in [-0.15, -0.1) is 0 Å². The number of rotatable bonds is 5. The van der Waals surface area contributed by atoms with Crippen molar-refractivity contribution in [2.45, 2.75) is 6.92 Å². The zero-order chi connectivity index (χ0) is 15.4. The number of aromatic nitrogens is 1. The first-order chi connectivity index (χ1) is 10.8. The summed E-state index contributed by atoms with van der Waals surface area (Å²) in [5, 5.41) is 3.85. The number of hydrogen-bond acceptors (Lipinski definition) is 2. The molecular formula is C18H18N2O2. The second-order valence-corrected chi connectivity index (χ2v) is 5.09. The molecular weight excluding hydrogens is 276 g/mol. The summed E-state index contributed by atoms with van der Waals surface area (Å²) >= 11 is 0. The minimum Gasteiger partial charge on any atom is -0.492 e. The lowest BCUT2D eigenvalue weighted by molar-refractivity contribution is 0.0948. The standard InChI is InChI=1S/C18H18N2O2/c1-13-17(15-9-5-6-10-16(15)20-13)18(21)19-11-12-22-14-7-3-2-4-8-14/h2-10,20H,11-12H2,1H3,(H,19,21). The molecule has 1 aromatic heterocycles. The van der Waals surface area contributed by atoms with Gasteiger partial charge in [-0.25, -0.2) is 0 Å². The summed E-state index contributed by atoms with van der Waals surface area (Å²) in [5.74, 6) is 0.728. The summed E-state index contributed by atoms with van der Waals surface area (Å²) in [5.41, 5.74) is 2.56. The van der Waals surface area contributed by atoms with Crippen LogP contribution in [0.2, 0.25) is 0 Å². The van der Waals surface area contributed by atoms with Crippen molar-refractivity contribution in [3.05, 3.63) is 65.9 Å². The molecule has 0 aliphatic carbocycles. The number of hydrogen-bond donors (Lipinski definition) is 2. The highest BCUT2D eigenvalue weighted by molar-refractivity contribution is 6.08. The number of aromatic amines is 1. The van der Waals surface area contributed by atoms with Crippen LogP contribution in [0, 0.1) is 6.92 Å². The Balaban J connectivity index is 1.61. The lowest BCUT2D eigenvalue weighted by Crippen LogP contribution is -2.28. The van der Waals surface area contributed by atoms with Gasteiger partial charge in [0.2, 0.25) is 0 Å². The predicted octanol–water partition coefficient (Wildman–Crippen LogP) is 3.29. The number of carbonyl (C=O) groups excluding carboxylic acids is 1. The number of aryl methyl sites for hydroxylation is 1. The van der Waals surface area contributed by atoms with Crippen LogP contribution in [-0.4, -0.2) is 24.0 Å². The zero-order valence-electron chi connectivity index (χ0n) is 12.4. The topological polar surface area (TPSA) is 54.1 Å². The Labute approximate surface area is 129 Å². The third kappa shape index (κ3) is 2.96. The Kier molecular flexibility index (Phi) is 4.10. The van der Waals surface area contributed by atoms with Gasteiger partial charge in [0.15, 0.2) is 0 Å². The van der Waals surface area contributed by atoms with Crippen LogP contribution >= 0.6 is 0 Å². The van der Waals surface area contributed by atoms with Gasteiger partial charge in [0.05, 0.1) is 12.1 Å². The molecule has 0 aliphatic heterocycles.